The van der Waals surface area contributed by atoms with Crippen LogP contribution >= 0.6 is 0 Å². The Bertz CT molecular complexity index is 238. The quantitative estimate of drug-likeness (QED) is 0.525. The fourth-order valence-electron chi connectivity index (χ4n) is 1.39. The van der Waals surface area contributed by atoms with E-state index in [-0.39, 0.29) is 18.4 Å². The second-order valence-electron chi connectivity index (χ2n) is 3.58. The van der Waals surface area contributed by atoms with Crippen LogP contribution in [0, 0.1) is 5.92 Å². The third-order valence-electron chi connectivity index (χ3n) is 2.33. The van der Waals surface area contributed by atoms with E-state index in [9.17, 15) is 9.59 Å². The number of hydrogen-bond acceptors (Lipinski definition) is 4. The molecule has 86 valence electrons. The normalized spacial score (nSPS) is 23.1. The standard InChI is InChI=1S/C9H16N2O4/c10-8(13)7(12)4-11-9(14)6-2-1-3-15-5-6/h6-7,12H,1-5H2,(H2,10,13)(H,11,14). The van der Waals surface area contributed by atoms with Crippen molar-refractivity contribution in [1.29, 1.82) is 0 Å². The van der Waals surface area contributed by atoms with Gasteiger partial charge in [-0.25, -0.2) is 0 Å². The van der Waals surface area contributed by atoms with E-state index in [0.717, 1.165) is 12.8 Å². The zero-order valence-corrected chi connectivity index (χ0v) is 8.44. The van der Waals surface area contributed by atoms with Crippen LogP contribution in [0.3, 0.4) is 0 Å². The van der Waals surface area contributed by atoms with Crippen LogP contribution in [-0.2, 0) is 14.3 Å². The molecule has 0 aliphatic carbocycles. The molecular formula is C9H16N2O4. The molecular weight excluding hydrogens is 200 g/mol. The molecule has 1 fully saturated rings. The number of amides is 2. The van der Waals surface area contributed by atoms with Gasteiger partial charge in [0.05, 0.1) is 19.1 Å². The van der Waals surface area contributed by atoms with Crippen molar-refractivity contribution in [2.75, 3.05) is 19.8 Å². The Hall–Kier alpha value is -1.14. The van der Waals surface area contributed by atoms with E-state index in [1.54, 1.807) is 0 Å². The third kappa shape index (κ3) is 3.85. The van der Waals surface area contributed by atoms with Gasteiger partial charge in [0.15, 0.2) is 0 Å². The molecule has 6 heteroatoms. The van der Waals surface area contributed by atoms with Gasteiger partial charge in [0, 0.05) is 6.61 Å². The molecule has 0 aromatic heterocycles. The summed E-state index contributed by atoms with van der Waals surface area (Å²) in [7, 11) is 0. The van der Waals surface area contributed by atoms with E-state index >= 15 is 0 Å². The van der Waals surface area contributed by atoms with E-state index in [1.165, 1.54) is 0 Å². The molecule has 6 nitrogen and oxygen atoms in total. The summed E-state index contributed by atoms with van der Waals surface area (Å²) >= 11 is 0. The number of primary amides is 1. The molecule has 1 aliphatic rings. The van der Waals surface area contributed by atoms with Gasteiger partial charge in [-0.05, 0) is 12.8 Å². The van der Waals surface area contributed by atoms with Crippen LogP contribution in [0.2, 0.25) is 0 Å². The topological polar surface area (TPSA) is 102 Å². The average Bonchev–Trinajstić information content (AvgIpc) is 2.26. The molecule has 2 unspecified atom stereocenters. The van der Waals surface area contributed by atoms with Gasteiger partial charge in [-0.1, -0.05) is 0 Å². The summed E-state index contributed by atoms with van der Waals surface area (Å²) in [5.74, 6) is -1.22. The highest BCUT2D eigenvalue weighted by Crippen LogP contribution is 2.13. The van der Waals surface area contributed by atoms with Crippen LogP contribution in [-0.4, -0.2) is 42.8 Å². The third-order valence-corrected chi connectivity index (χ3v) is 2.33. The van der Waals surface area contributed by atoms with E-state index < -0.39 is 12.0 Å². The van der Waals surface area contributed by atoms with Gasteiger partial charge >= 0.3 is 0 Å². The predicted octanol–water partition coefficient (Wildman–Crippen LogP) is -1.62. The summed E-state index contributed by atoms with van der Waals surface area (Å²) in [5.41, 5.74) is 4.84. The Morgan fingerprint density at radius 1 is 1.60 bits per heavy atom. The molecule has 1 saturated heterocycles. The lowest BCUT2D eigenvalue weighted by Gasteiger charge is -2.21. The first-order valence-electron chi connectivity index (χ1n) is 4.94. The molecule has 1 rings (SSSR count). The maximum atomic E-state index is 11.5. The number of ether oxygens (including phenoxy) is 1. The number of carbonyl (C=O) groups excluding carboxylic acids is 2. The lowest BCUT2D eigenvalue weighted by atomic mass is 10.0. The van der Waals surface area contributed by atoms with Crippen LogP contribution in [0.1, 0.15) is 12.8 Å². The number of carbonyl (C=O) groups is 2. The lowest BCUT2D eigenvalue weighted by molar-refractivity contribution is -0.130. The van der Waals surface area contributed by atoms with Crippen molar-refractivity contribution < 1.29 is 19.4 Å². The molecule has 2 amide bonds. The van der Waals surface area contributed by atoms with Crippen LogP contribution in [0.25, 0.3) is 0 Å². The van der Waals surface area contributed by atoms with E-state index in [4.69, 9.17) is 15.6 Å². The van der Waals surface area contributed by atoms with Crippen molar-refractivity contribution in [2.45, 2.75) is 18.9 Å². The Balaban J connectivity index is 2.25. The maximum absolute atomic E-state index is 11.5. The smallest absolute Gasteiger partial charge is 0.248 e. The largest absolute Gasteiger partial charge is 0.381 e. The molecule has 0 radical (unpaired) electrons. The Morgan fingerprint density at radius 2 is 2.33 bits per heavy atom. The molecule has 0 aromatic rings. The molecule has 0 spiro atoms. The minimum absolute atomic E-state index is 0.134. The Kier molecular flexibility index (Phi) is 4.51. The monoisotopic (exact) mass is 216 g/mol. The van der Waals surface area contributed by atoms with Crippen molar-refractivity contribution in [3.8, 4) is 0 Å². The van der Waals surface area contributed by atoms with Crippen molar-refractivity contribution in [2.24, 2.45) is 11.7 Å². The predicted molar refractivity (Wildman–Crippen MR) is 51.8 cm³/mol. The number of rotatable bonds is 4. The molecule has 2 atom stereocenters. The summed E-state index contributed by atoms with van der Waals surface area (Å²) in [4.78, 5) is 22.0. The number of aliphatic hydroxyl groups excluding tert-OH is 1. The highest BCUT2D eigenvalue weighted by atomic mass is 16.5. The highest BCUT2D eigenvalue weighted by Gasteiger charge is 2.22. The fraction of sp³-hybridized carbons (Fsp3) is 0.778. The first-order valence-corrected chi connectivity index (χ1v) is 4.94. The fourth-order valence-corrected chi connectivity index (χ4v) is 1.39. The summed E-state index contributed by atoms with van der Waals surface area (Å²) in [5, 5.41) is 11.5. The zero-order valence-electron chi connectivity index (χ0n) is 8.44. The zero-order chi connectivity index (χ0) is 11.3. The average molecular weight is 216 g/mol. The van der Waals surface area contributed by atoms with E-state index in [2.05, 4.69) is 5.32 Å². The molecule has 1 aliphatic heterocycles. The van der Waals surface area contributed by atoms with E-state index in [0.29, 0.717) is 13.2 Å². The van der Waals surface area contributed by atoms with Gasteiger partial charge < -0.3 is 20.9 Å². The molecule has 0 aromatic carbocycles. The Labute approximate surface area is 87.8 Å². The van der Waals surface area contributed by atoms with Crippen molar-refractivity contribution in [3.05, 3.63) is 0 Å². The summed E-state index contributed by atoms with van der Waals surface area (Å²) in [6, 6.07) is 0. The number of aliphatic hydroxyl groups is 1. The first-order chi connectivity index (χ1) is 7.11. The summed E-state index contributed by atoms with van der Waals surface area (Å²) in [6.07, 6.45) is 0.313. The van der Waals surface area contributed by atoms with Crippen molar-refractivity contribution >= 4 is 11.8 Å². The molecule has 0 bridgehead atoms. The van der Waals surface area contributed by atoms with Gasteiger partial charge in [-0.3, -0.25) is 9.59 Å². The second-order valence-corrected chi connectivity index (χ2v) is 3.58. The maximum Gasteiger partial charge on any atom is 0.248 e. The summed E-state index contributed by atoms with van der Waals surface area (Å²) < 4.78 is 5.14. The minimum Gasteiger partial charge on any atom is -0.381 e. The highest BCUT2D eigenvalue weighted by molar-refractivity contribution is 5.82. The van der Waals surface area contributed by atoms with Gasteiger partial charge in [-0.15, -0.1) is 0 Å². The number of nitrogens with one attached hydrogen (secondary N) is 1. The number of hydrogen-bond donors (Lipinski definition) is 3. The van der Waals surface area contributed by atoms with E-state index in [1.807, 2.05) is 0 Å². The van der Waals surface area contributed by atoms with Gasteiger partial charge in [0.2, 0.25) is 11.8 Å². The second kappa shape index (κ2) is 5.67. The minimum atomic E-state index is -1.32. The Morgan fingerprint density at radius 3 is 2.87 bits per heavy atom. The van der Waals surface area contributed by atoms with Crippen LogP contribution in [0.4, 0.5) is 0 Å². The molecule has 4 N–H and O–H groups in total. The lowest BCUT2D eigenvalue weighted by Crippen LogP contribution is -2.43. The molecule has 1 heterocycles. The first kappa shape index (κ1) is 11.9. The van der Waals surface area contributed by atoms with Crippen LogP contribution in [0.5, 0.6) is 0 Å². The van der Waals surface area contributed by atoms with Crippen molar-refractivity contribution in [1.82, 2.24) is 5.32 Å². The van der Waals surface area contributed by atoms with Crippen LogP contribution in [0.15, 0.2) is 0 Å². The van der Waals surface area contributed by atoms with Crippen molar-refractivity contribution in [3.63, 3.8) is 0 Å². The molecule has 0 saturated carbocycles. The summed E-state index contributed by atoms with van der Waals surface area (Å²) in [6.45, 7) is 0.955. The van der Waals surface area contributed by atoms with Gasteiger partial charge in [0.1, 0.15) is 6.10 Å². The molecule has 15 heavy (non-hydrogen) atoms. The van der Waals surface area contributed by atoms with Gasteiger partial charge in [0.25, 0.3) is 0 Å². The van der Waals surface area contributed by atoms with Gasteiger partial charge in [-0.2, -0.15) is 0 Å². The van der Waals surface area contributed by atoms with Crippen LogP contribution < -0.4 is 11.1 Å². The SMILES string of the molecule is NC(=O)C(O)CNC(=O)C1CCCOC1. The number of nitrogens with two attached hydrogens (primary N) is 1.